The Morgan fingerprint density at radius 3 is 1.88 bits per heavy atom. The number of alkyl halides is 3. The molecule has 0 aliphatic carbocycles. The van der Waals surface area contributed by atoms with Crippen LogP contribution in [0.15, 0.2) is 78.9 Å². The van der Waals surface area contributed by atoms with Crippen molar-refractivity contribution in [2.45, 2.75) is 30.5 Å². The summed E-state index contributed by atoms with van der Waals surface area (Å²) < 4.78 is 58.2. The van der Waals surface area contributed by atoms with Crippen molar-refractivity contribution >= 4 is 17.6 Å². The number of nitrogens with one attached hydrogen (secondary N) is 2. The zero-order valence-corrected chi connectivity index (χ0v) is 17.8. The molecule has 0 bridgehead atoms. The van der Waals surface area contributed by atoms with Crippen LogP contribution in [-0.2, 0) is 16.0 Å². The fourth-order valence-corrected chi connectivity index (χ4v) is 4.14. The van der Waals surface area contributed by atoms with Crippen LogP contribution < -0.4 is 10.6 Å². The molecule has 1 aliphatic rings. The molecule has 1 aliphatic heterocycles. The molecule has 0 aromatic heterocycles. The molecule has 0 spiro atoms. The molecule has 1 saturated heterocycles. The van der Waals surface area contributed by atoms with Crippen molar-refractivity contribution in [3.05, 3.63) is 106 Å². The van der Waals surface area contributed by atoms with E-state index in [2.05, 4.69) is 10.6 Å². The molecular weight excluding hydrogens is 460 g/mol. The molecule has 1 heterocycles. The number of carbonyl (C=O) groups excluding carboxylic acids is 1. The fourth-order valence-electron chi connectivity index (χ4n) is 3.93. The Hall–Kier alpha value is -2.94. The Morgan fingerprint density at radius 2 is 1.42 bits per heavy atom. The van der Waals surface area contributed by atoms with Gasteiger partial charge in [0.1, 0.15) is 5.82 Å². The van der Waals surface area contributed by atoms with Gasteiger partial charge in [0.2, 0.25) is 5.85 Å². The highest BCUT2D eigenvalue weighted by Gasteiger charge is 2.52. The lowest BCUT2D eigenvalue weighted by Gasteiger charge is -2.31. The van der Waals surface area contributed by atoms with Crippen LogP contribution in [-0.4, -0.2) is 18.0 Å². The monoisotopic (exact) mass is 478 g/mol. The molecule has 2 unspecified atom stereocenters. The van der Waals surface area contributed by atoms with E-state index < -0.39 is 35.9 Å². The number of hydrogen-bond donors (Lipinski definition) is 2. The Morgan fingerprint density at radius 1 is 0.909 bits per heavy atom. The van der Waals surface area contributed by atoms with Crippen molar-refractivity contribution in [2.24, 2.45) is 0 Å². The number of hydrogen-bond acceptors (Lipinski definition) is 4. The zero-order chi connectivity index (χ0) is 23.6. The highest BCUT2D eigenvalue weighted by molar-refractivity contribution is 6.30. The summed E-state index contributed by atoms with van der Waals surface area (Å²) >= 11 is 5.87. The number of rotatable bonds is 5. The normalized spacial score (nSPS) is 22.8. The summed E-state index contributed by atoms with van der Waals surface area (Å²) in [6, 6.07) is 20.9. The fraction of sp³-hybridized carbons (Fsp3) is 0.208. The number of halogens is 5. The van der Waals surface area contributed by atoms with Crippen LogP contribution in [0.1, 0.15) is 28.8 Å². The Kier molecular flexibility index (Phi) is 6.43. The third kappa shape index (κ3) is 5.19. The Labute approximate surface area is 192 Å². The SMILES string of the molecule is O=C(OC1(Cc2ccc(F)c(Cl)c2)NC(c2ccccc2)C(c2ccccc2)N1)C(F)(F)F. The van der Waals surface area contributed by atoms with E-state index in [1.807, 2.05) is 36.4 Å². The van der Waals surface area contributed by atoms with E-state index in [1.165, 1.54) is 12.1 Å². The van der Waals surface area contributed by atoms with Crippen LogP contribution in [0.2, 0.25) is 5.02 Å². The summed E-state index contributed by atoms with van der Waals surface area (Å²) in [6.07, 6.45) is -5.44. The van der Waals surface area contributed by atoms with E-state index in [4.69, 9.17) is 16.3 Å². The number of esters is 1. The lowest BCUT2D eigenvalue weighted by Crippen LogP contribution is -2.56. The molecule has 2 N–H and O–H groups in total. The van der Waals surface area contributed by atoms with Crippen LogP contribution in [0.3, 0.4) is 0 Å². The number of carbonyl (C=O) groups is 1. The van der Waals surface area contributed by atoms with Crippen molar-refractivity contribution in [1.82, 2.24) is 10.6 Å². The third-order valence-electron chi connectivity index (χ3n) is 5.36. The van der Waals surface area contributed by atoms with Gasteiger partial charge < -0.3 is 4.74 Å². The minimum Gasteiger partial charge on any atom is -0.423 e. The van der Waals surface area contributed by atoms with Crippen LogP contribution in [0, 0.1) is 5.82 Å². The molecule has 1 fully saturated rings. The van der Waals surface area contributed by atoms with Gasteiger partial charge in [0.15, 0.2) is 0 Å². The summed E-state index contributed by atoms with van der Waals surface area (Å²) in [5, 5.41) is 5.94. The van der Waals surface area contributed by atoms with E-state index in [9.17, 15) is 22.4 Å². The molecule has 4 nitrogen and oxygen atoms in total. The first-order chi connectivity index (χ1) is 15.7. The molecule has 3 aromatic rings. The average Bonchev–Trinajstić information content (AvgIpc) is 3.16. The van der Waals surface area contributed by atoms with Gasteiger partial charge in [0.05, 0.1) is 17.1 Å². The maximum atomic E-state index is 13.6. The van der Waals surface area contributed by atoms with Crippen LogP contribution in [0.25, 0.3) is 0 Å². The van der Waals surface area contributed by atoms with Gasteiger partial charge in [-0.2, -0.15) is 13.2 Å². The van der Waals surface area contributed by atoms with Crippen LogP contribution in [0.5, 0.6) is 0 Å². The van der Waals surface area contributed by atoms with E-state index in [1.54, 1.807) is 24.3 Å². The molecule has 33 heavy (non-hydrogen) atoms. The second-order valence-electron chi connectivity index (χ2n) is 7.70. The van der Waals surface area contributed by atoms with Gasteiger partial charge in [0, 0.05) is 6.42 Å². The maximum Gasteiger partial charge on any atom is 0.491 e. The predicted molar refractivity (Wildman–Crippen MR) is 115 cm³/mol. The van der Waals surface area contributed by atoms with Gasteiger partial charge >= 0.3 is 12.1 Å². The third-order valence-corrected chi connectivity index (χ3v) is 5.65. The van der Waals surface area contributed by atoms with Crippen molar-refractivity contribution in [1.29, 1.82) is 0 Å². The maximum absolute atomic E-state index is 13.6. The van der Waals surface area contributed by atoms with Crippen molar-refractivity contribution in [2.75, 3.05) is 0 Å². The van der Waals surface area contributed by atoms with Gasteiger partial charge in [-0.1, -0.05) is 78.3 Å². The van der Waals surface area contributed by atoms with E-state index in [0.717, 1.165) is 17.2 Å². The second kappa shape index (κ2) is 9.13. The average molecular weight is 479 g/mol. The predicted octanol–water partition coefficient (Wildman–Crippen LogP) is 5.46. The first-order valence-corrected chi connectivity index (χ1v) is 10.4. The van der Waals surface area contributed by atoms with Crippen molar-refractivity contribution < 1.29 is 27.1 Å². The topological polar surface area (TPSA) is 50.4 Å². The Balaban J connectivity index is 1.77. The van der Waals surface area contributed by atoms with Crippen LogP contribution in [0.4, 0.5) is 17.6 Å². The van der Waals surface area contributed by atoms with Crippen LogP contribution >= 0.6 is 11.6 Å². The summed E-state index contributed by atoms with van der Waals surface area (Å²) in [6.45, 7) is 0. The largest absolute Gasteiger partial charge is 0.491 e. The number of benzene rings is 3. The summed E-state index contributed by atoms with van der Waals surface area (Å²) in [7, 11) is 0. The van der Waals surface area contributed by atoms with Gasteiger partial charge in [-0.05, 0) is 28.8 Å². The summed E-state index contributed by atoms with van der Waals surface area (Å²) in [4.78, 5) is 11.9. The molecule has 0 saturated carbocycles. The summed E-state index contributed by atoms with van der Waals surface area (Å²) in [5.41, 5.74) is 1.93. The van der Waals surface area contributed by atoms with Gasteiger partial charge in [-0.15, -0.1) is 0 Å². The second-order valence-corrected chi connectivity index (χ2v) is 8.11. The number of ether oxygens (including phenoxy) is 1. The highest BCUT2D eigenvalue weighted by atomic mass is 35.5. The molecule has 3 aromatic carbocycles. The molecule has 0 radical (unpaired) electrons. The highest BCUT2D eigenvalue weighted by Crippen LogP contribution is 2.39. The first-order valence-electron chi connectivity index (χ1n) is 10.1. The molecule has 172 valence electrons. The lowest BCUT2D eigenvalue weighted by molar-refractivity contribution is -0.218. The van der Waals surface area contributed by atoms with E-state index in [0.29, 0.717) is 5.56 Å². The first kappa shape index (κ1) is 23.2. The molecule has 2 atom stereocenters. The lowest BCUT2D eigenvalue weighted by atomic mass is 9.95. The van der Waals surface area contributed by atoms with Crippen molar-refractivity contribution in [3.8, 4) is 0 Å². The van der Waals surface area contributed by atoms with Crippen molar-refractivity contribution in [3.63, 3.8) is 0 Å². The molecule has 0 amide bonds. The Bertz CT molecular complexity index is 1080. The zero-order valence-electron chi connectivity index (χ0n) is 17.1. The quantitative estimate of drug-likeness (QED) is 0.378. The standard InChI is InChI=1S/C24H19ClF4N2O2/c25-18-13-15(11-12-19(18)26)14-23(33-22(32)24(27,28)29)30-20(16-7-3-1-4-8-16)21(31-23)17-9-5-2-6-10-17/h1-13,20-21,30-31H,14H2. The molecular formula is C24H19ClF4N2O2. The summed E-state index contributed by atoms with van der Waals surface area (Å²) in [5.74, 6) is -4.95. The van der Waals surface area contributed by atoms with Gasteiger partial charge in [-0.25, -0.2) is 9.18 Å². The smallest absolute Gasteiger partial charge is 0.423 e. The van der Waals surface area contributed by atoms with E-state index >= 15 is 0 Å². The molecule has 9 heteroatoms. The van der Waals surface area contributed by atoms with Gasteiger partial charge in [0.25, 0.3) is 0 Å². The minimum absolute atomic E-state index is 0.193. The van der Waals surface area contributed by atoms with Gasteiger partial charge in [-0.3, -0.25) is 10.6 Å². The molecule has 4 rings (SSSR count). The van der Waals surface area contributed by atoms with E-state index in [-0.39, 0.29) is 11.4 Å². The minimum atomic E-state index is -5.20.